The van der Waals surface area contributed by atoms with Crippen LogP contribution in [0.4, 0.5) is 10.1 Å². The van der Waals surface area contributed by atoms with Crippen LogP contribution in [0.15, 0.2) is 18.2 Å². The van der Waals surface area contributed by atoms with Gasteiger partial charge in [0.15, 0.2) is 0 Å². The van der Waals surface area contributed by atoms with Crippen molar-refractivity contribution in [3.8, 4) is 0 Å². The first-order valence-corrected chi connectivity index (χ1v) is 6.67. The first-order valence-electron chi connectivity index (χ1n) is 6.29. The van der Waals surface area contributed by atoms with Crippen molar-refractivity contribution in [3.63, 3.8) is 0 Å². The molecule has 0 amide bonds. The maximum atomic E-state index is 13.7. The van der Waals surface area contributed by atoms with Gasteiger partial charge in [-0.15, -0.1) is 0 Å². The summed E-state index contributed by atoms with van der Waals surface area (Å²) in [5.41, 5.74) is 0.569. The van der Waals surface area contributed by atoms with Crippen LogP contribution in [0, 0.1) is 17.7 Å². The lowest BCUT2D eigenvalue weighted by atomic mass is 9.78. The van der Waals surface area contributed by atoms with Crippen molar-refractivity contribution >= 4 is 17.3 Å². The molecule has 0 heterocycles. The molecule has 1 aromatic rings. The molecular weight excluding hydrogens is 237 g/mol. The maximum absolute atomic E-state index is 13.7. The molecule has 2 rings (SSSR count). The highest BCUT2D eigenvalue weighted by Gasteiger charge is 2.27. The number of halogens is 2. The second-order valence-corrected chi connectivity index (χ2v) is 5.62. The Balaban J connectivity index is 2.13. The van der Waals surface area contributed by atoms with Gasteiger partial charge in [-0.1, -0.05) is 31.9 Å². The molecule has 0 aliphatic heterocycles. The van der Waals surface area contributed by atoms with Gasteiger partial charge in [-0.2, -0.15) is 0 Å². The Morgan fingerprint density at radius 2 is 1.88 bits per heavy atom. The van der Waals surface area contributed by atoms with Crippen molar-refractivity contribution in [1.82, 2.24) is 0 Å². The number of benzene rings is 1. The van der Waals surface area contributed by atoms with Gasteiger partial charge in [0.1, 0.15) is 5.82 Å². The Morgan fingerprint density at radius 1 is 1.24 bits per heavy atom. The molecular formula is C14H19ClFN. The molecule has 0 bridgehead atoms. The molecule has 1 aliphatic rings. The van der Waals surface area contributed by atoms with Crippen LogP contribution in [0.1, 0.15) is 33.1 Å². The van der Waals surface area contributed by atoms with Gasteiger partial charge in [0.2, 0.25) is 0 Å². The number of nitrogens with one attached hydrogen (secondary N) is 1. The zero-order valence-corrected chi connectivity index (χ0v) is 11.1. The highest BCUT2D eigenvalue weighted by molar-refractivity contribution is 6.30. The van der Waals surface area contributed by atoms with Crippen LogP contribution in [0.25, 0.3) is 0 Å². The fourth-order valence-electron chi connectivity index (χ4n) is 2.75. The molecule has 2 unspecified atom stereocenters. The van der Waals surface area contributed by atoms with Gasteiger partial charge in [-0.3, -0.25) is 0 Å². The SMILES string of the molecule is CC1CCCC(C)C1Nc1ccc(Cl)cc1F. The van der Waals surface area contributed by atoms with Crippen LogP contribution in [-0.2, 0) is 0 Å². The molecule has 94 valence electrons. The summed E-state index contributed by atoms with van der Waals surface area (Å²) in [6.07, 6.45) is 3.72. The van der Waals surface area contributed by atoms with Gasteiger partial charge in [0.25, 0.3) is 0 Å². The molecule has 1 aromatic carbocycles. The van der Waals surface area contributed by atoms with Crippen molar-refractivity contribution in [2.75, 3.05) is 5.32 Å². The summed E-state index contributed by atoms with van der Waals surface area (Å²) in [6.45, 7) is 4.47. The van der Waals surface area contributed by atoms with Crippen molar-refractivity contribution < 1.29 is 4.39 Å². The lowest BCUT2D eigenvalue weighted by Gasteiger charge is -2.36. The first kappa shape index (κ1) is 12.7. The van der Waals surface area contributed by atoms with Gasteiger partial charge < -0.3 is 5.32 Å². The molecule has 0 radical (unpaired) electrons. The van der Waals surface area contributed by atoms with Crippen LogP contribution in [0.5, 0.6) is 0 Å². The van der Waals surface area contributed by atoms with E-state index in [0.717, 1.165) is 0 Å². The summed E-state index contributed by atoms with van der Waals surface area (Å²) in [5.74, 6) is 0.921. The van der Waals surface area contributed by atoms with E-state index in [9.17, 15) is 4.39 Å². The summed E-state index contributed by atoms with van der Waals surface area (Å²) in [6, 6.07) is 5.18. The Hall–Kier alpha value is -0.760. The quantitative estimate of drug-likeness (QED) is 0.807. The predicted molar refractivity (Wildman–Crippen MR) is 71.0 cm³/mol. The molecule has 17 heavy (non-hydrogen) atoms. The standard InChI is InChI=1S/C14H19ClFN/c1-9-4-3-5-10(2)14(9)17-13-7-6-11(15)8-12(13)16/h6-10,14,17H,3-5H2,1-2H3. The van der Waals surface area contributed by atoms with E-state index in [2.05, 4.69) is 19.2 Å². The smallest absolute Gasteiger partial charge is 0.147 e. The third kappa shape index (κ3) is 2.92. The van der Waals surface area contributed by atoms with E-state index in [1.807, 2.05) is 0 Å². The average molecular weight is 256 g/mol. The van der Waals surface area contributed by atoms with Crippen molar-refractivity contribution in [3.05, 3.63) is 29.0 Å². The summed E-state index contributed by atoms with van der Waals surface area (Å²) >= 11 is 5.75. The fraction of sp³-hybridized carbons (Fsp3) is 0.571. The van der Waals surface area contributed by atoms with Gasteiger partial charge in [-0.05, 0) is 42.9 Å². The summed E-state index contributed by atoms with van der Waals surface area (Å²) in [7, 11) is 0. The van der Waals surface area contributed by atoms with Gasteiger partial charge in [-0.25, -0.2) is 4.39 Å². The molecule has 1 fully saturated rings. The van der Waals surface area contributed by atoms with E-state index < -0.39 is 0 Å². The molecule has 0 spiro atoms. The maximum Gasteiger partial charge on any atom is 0.147 e. The van der Waals surface area contributed by atoms with E-state index >= 15 is 0 Å². The number of hydrogen-bond donors (Lipinski definition) is 1. The van der Waals surface area contributed by atoms with E-state index in [1.165, 1.54) is 25.3 Å². The number of hydrogen-bond acceptors (Lipinski definition) is 1. The Labute approximate surface area is 107 Å². The molecule has 1 saturated carbocycles. The minimum atomic E-state index is -0.262. The number of anilines is 1. The highest BCUT2D eigenvalue weighted by atomic mass is 35.5. The van der Waals surface area contributed by atoms with Crippen molar-refractivity contribution in [2.45, 2.75) is 39.2 Å². The van der Waals surface area contributed by atoms with Crippen LogP contribution in [0.3, 0.4) is 0 Å². The Bertz CT molecular complexity index is 384. The first-order chi connectivity index (χ1) is 8.08. The Morgan fingerprint density at radius 3 is 2.47 bits per heavy atom. The molecule has 2 atom stereocenters. The fourth-order valence-corrected chi connectivity index (χ4v) is 2.91. The van der Waals surface area contributed by atoms with E-state index in [4.69, 9.17) is 11.6 Å². The lowest BCUT2D eigenvalue weighted by molar-refractivity contribution is 0.267. The van der Waals surface area contributed by atoms with Crippen LogP contribution in [0.2, 0.25) is 5.02 Å². The van der Waals surface area contributed by atoms with Gasteiger partial charge in [0, 0.05) is 11.1 Å². The third-order valence-corrected chi connectivity index (χ3v) is 4.03. The summed E-state index contributed by atoms with van der Waals surface area (Å²) < 4.78 is 13.7. The largest absolute Gasteiger partial charge is 0.379 e. The molecule has 0 aromatic heterocycles. The third-order valence-electron chi connectivity index (χ3n) is 3.80. The molecule has 1 aliphatic carbocycles. The van der Waals surface area contributed by atoms with E-state index in [0.29, 0.717) is 28.6 Å². The zero-order valence-electron chi connectivity index (χ0n) is 10.3. The van der Waals surface area contributed by atoms with Gasteiger partial charge >= 0.3 is 0 Å². The highest BCUT2D eigenvalue weighted by Crippen LogP contribution is 2.32. The van der Waals surface area contributed by atoms with Gasteiger partial charge in [0.05, 0.1) is 5.69 Å². The molecule has 1 nitrogen and oxygen atoms in total. The topological polar surface area (TPSA) is 12.0 Å². The normalized spacial score (nSPS) is 29.1. The average Bonchev–Trinajstić information content (AvgIpc) is 2.26. The predicted octanol–water partition coefficient (Wildman–Crippen LogP) is 4.72. The van der Waals surface area contributed by atoms with Crippen LogP contribution in [-0.4, -0.2) is 6.04 Å². The molecule has 0 saturated heterocycles. The Kier molecular flexibility index (Phi) is 3.93. The van der Waals surface area contributed by atoms with Crippen molar-refractivity contribution in [1.29, 1.82) is 0 Å². The zero-order chi connectivity index (χ0) is 12.4. The minimum Gasteiger partial charge on any atom is -0.379 e. The summed E-state index contributed by atoms with van der Waals surface area (Å²) in [5, 5.41) is 3.78. The second kappa shape index (κ2) is 5.26. The number of rotatable bonds is 2. The van der Waals surface area contributed by atoms with Crippen molar-refractivity contribution in [2.24, 2.45) is 11.8 Å². The monoisotopic (exact) mass is 255 g/mol. The van der Waals surface area contributed by atoms with E-state index in [1.54, 1.807) is 12.1 Å². The lowest BCUT2D eigenvalue weighted by Crippen LogP contribution is -2.37. The second-order valence-electron chi connectivity index (χ2n) is 5.18. The van der Waals surface area contributed by atoms with Crippen LogP contribution < -0.4 is 5.32 Å². The molecule has 1 N–H and O–H groups in total. The minimum absolute atomic E-state index is 0.262. The van der Waals surface area contributed by atoms with E-state index in [-0.39, 0.29) is 5.82 Å². The molecule has 3 heteroatoms. The van der Waals surface area contributed by atoms with Crippen LogP contribution >= 0.6 is 11.6 Å². The summed E-state index contributed by atoms with van der Waals surface area (Å²) in [4.78, 5) is 0.